The summed E-state index contributed by atoms with van der Waals surface area (Å²) in [5, 5.41) is 4.30. The molecule has 4 rings (SSSR count). The molecule has 0 aliphatic carbocycles. The van der Waals surface area contributed by atoms with Crippen LogP contribution in [0.3, 0.4) is 0 Å². The number of amides is 1. The highest BCUT2D eigenvalue weighted by Crippen LogP contribution is 2.29. The maximum Gasteiger partial charge on any atom is 0.347 e. The van der Waals surface area contributed by atoms with Gasteiger partial charge in [-0.15, -0.1) is 0 Å². The average molecular weight is 541 g/mol. The van der Waals surface area contributed by atoms with Crippen molar-refractivity contribution in [3.8, 4) is 5.75 Å². The number of esters is 1. The predicted molar refractivity (Wildman–Crippen MR) is 160 cm³/mol. The van der Waals surface area contributed by atoms with Crippen LogP contribution in [-0.4, -0.2) is 29.2 Å². The van der Waals surface area contributed by atoms with Crippen molar-refractivity contribution in [1.29, 1.82) is 0 Å². The first-order valence-electron chi connectivity index (χ1n) is 14.0. The number of aromatic nitrogens is 1. The van der Waals surface area contributed by atoms with Gasteiger partial charge in [0.1, 0.15) is 5.75 Å². The van der Waals surface area contributed by atoms with Crippen LogP contribution >= 0.6 is 0 Å². The molecule has 0 aliphatic rings. The van der Waals surface area contributed by atoms with Crippen LogP contribution in [-0.2, 0) is 23.0 Å². The number of ether oxygens (including phenoxy) is 2. The number of carbonyl (C=O) groups is 2. The van der Waals surface area contributed by atoms with Gasteiger partial charge in [0.15, 0.2) is 6.10 Å². The molecule has 6 heteroatoms. The number of carbonyl (C=O) groups excluding carboxylic acids is 2. The number of nitrogens with one attached hydrogen (secondary N) is 1. The standard InChI is InChI=1S/C34H40N2O4/c1-8-39-34(38)24(6)40-29-15-12-25(13-16-29)18-31-23(5)36(7)32-20-28(14-17-30(31)32)33(37)35-22(4)27-11-9-10-26(19-27)21(2)3/h9-17,19-22,24H,8,18H2,1-7H3,(H,35,37)/t22-,24?/m0/s1. The molecule has 0 radical (unpaired) electrons. The summed E-state index contributed by atoms with van der Waals surface area (Å²) in [7, 11) is 2.04. The van der Waals surface area contributed by atoms with Gasteiger partial charge in [-0.1, -0.05) is 56.3 Å². The zero-order valence-corrected chi connectivity index (χ0v) is 24.6. The van der Waals surface area contributed by atoms with Gasteiger partial charge in [-0.2, -0.15) is 0 Å². The summed E-state index contributed by atoms with van der Waals surface area (Å²) < 4.78 is 12.9. The van der Waals surface area contributed by atoms with Crippen LogP contribution < -0.4 is 10.1 Å². The van der Waals surface area contributed by atoms with Gasteiger partial charge in [-0.3, -0.25) is 4.79 Å². The minimum absolute atomic E-state index is 0.0858. The van der Waals surface area contributed by atoms with E-state index in [0.717, 1.165) is 34.1 Å². The smallest absolute Gasteiger partial charge is 0.347 e. The maximum absolute atomic E-state index is 13.2. The lowest BCUT2D eigenvalue weighted by molar-refractivity contribution is -0.150. The second-order valence-electron chi connectivity index (χ2n) is 10.7. The first-order chi connectivity index (χ1) is 19.1. The summed E-state index contributed by atoms with van der Waals surface area (Å²) in [5.74, 6) is 0.601. The summed E-state index contributed by atoms with van der Waals surface area (Å²) in [4.78, 5) is 25.1. The van der Waals surface area contributed by atoms with Gasteiger partial charge in [0.05, 0.1) is 12.6 Å². The monoisotopic (exact) mass is 540 g/mol. The number of hydrogen-bond donors (Lipinski definition) is 1. The largest absolute Gasteiger partial charge is 0.479 e. The average Bonchev–Trinajstić information content (AvgIpc) is 3.18. The van der Waals surface area contributed by atoms with Crippen molar-refractivity contribution in [2.45, 2.75) is 66.0 Å². The van der Waals surface area contributed by atoms with Gasteiger partial charge in [0, 0.05) is 29.2 Å². The van der Waals surface area contributed by atoms with Crippen LogP contribution in [0.1, 0.15) is 84.9 Å². The van der Waals surface area contributed by atoms with Crippen molar-refractivity contribution in [1.82, 2.24) is 9.88 Å². The molecule has 0 saturated heterocycles. The highest BCUT2D eigenvalue weighted by Gasteiger charge is 2.18. The van der Waals surface area contributed by atoms with Crippen LogP contribution in [0.2, 0.25) is 0 Å². The Balaban J connectivity index is 1.50. The van der Waals surface area contributed by atoms with E-state index in [1.807, 2.05) is 50.4 Å². The molecular weight excluding hydrogens is 500 g/mol. The van der Waals surface area contributed by atoms with Crippen LogP contribution in [0.4, 0.5) is 0 Å². The summed E-state index contributed by atoms with van der Waals surface area (Å²) >= 11 is 0. The zero-order chi connectivity index (χ0) is 29.0. The molecule has 0 bridgehead atoms. The predicted octanol–water partition coefficient (Wildman–Crippen LogP) is 7.02. The molecule has 6 nitrogen and oxygen atoms in total. The second kappa shape index (κ2) is 12.4. The van der Waals surface area contributed by atoms with Crippen LogP contribution in [0.15, 0.2) is 66.7 Å². The molecule has 1 heterocycles. The van der Waals surface area contributed by atoms with E-state index < -0.39 is 6.10 Å². The Morgan fingerprint density at radius 3 is 2.30 bits per heavy atom. The summed E-state index contributed by atoms with van der Waals surface area (Å²) in [6.07, 6.45) is 0.0803. The van der Waals surface area contributed by atoms with E-state index in [9.17, 15) is 9.59 Å². The van der Waals surface area contributed by atoms with Gasteiger partial charge < -0.3 is 19.4 Å². The first-order valence-corrected chi connectivity index (χ1v) is 14.0. The molecule has 210 valence electrons. The van der Waals surface area contributed by atoms with Crippen molar-refractivity contribution in [2.75, 3.05) is 6.61 Å². The molecule has 3 aromatic carbocycles. The molecule has 1 aromatic heterocycles. The molecule has 1 N–H and O–H groups in total. The quantitative estimate of drug-likeness (QED) is 0.219. The Kier molecular flexibility index (Phi) is 8.98. The third-order valence-corrected chi connectivity index (χ3v) is 7.55. The molecule has 0 spiro atoms. The lowest BCUT2D eigenvalue weighted by Crippen LogP contribution is -2.26. The van der Waals surface area contributed by atoms with Gasteiger partial charge in [0.2, 0.25) is 0 Å². The van der Waals surface area contributed by atoms with Crippen molar-refractivity contribution < 1.29 is 19.1 Å². The Morgan fingerprint density at radius 1 is 0.925 bits per heavy atom. The minimum atomic E-state index is -0.661. The lowest BCUT2D eigenvalue weighted by Gasteiger charge is -2.16. The lowest BCUT2D eigenvalue weighted by atomic mass is 9.98. The maximum atomic E-state index is 13.2. The van der Waals surface area contributed by atoms with E-state index in [1.165, 1.54) is 11.1 Å². The third-order valence-electron chi connectivity index (χ3n) is 7.55. The molecule has 2 atom stereocenters. The number of hydrogen-bond acceptors (Lipinski definition) is 4. The van der Waals surface area contributed by atoms with E-state index in [2.05, 4.69) is 61.0 Å². The molecule has 1 unspecified atom stereocenters. The molecular formula is C34H40N2O4. The fourth-order valence-electron chi connectivity index (χ4n) is 4.96. The molecule has 1 amide bonds. The van der Waals surface area contributed by atoms with Crippen molar-refractivity contribution >= 4 is 22.8 Å². The summed E-state index contributed by atoms with van der Waals surface area (Å²) in [6, 6.07) is 22.0. The van der Waals surface area contributed by atoms with Crippen LogP contribution in [0.5, 0.6) is 5.75 Å². The highest BCUT2D eigenvalue weighted by atomic mass is 16.6. The Labute approximate surface area is 237 Å². The fourth-order valence-corrected chi connectivity index (χ4v) is 4.96. The number of benzene rings is 3. The van der Waals surface area contributed by atoms with E-state index >= 15 is 0 Å². The van der Waals surface area contributed by atoms with Crippen molar-refractivity contribution in [2.24, 2.45) is 7.05 Å². The zero-order valence-electron chi connectivity index (χ0n) is 24.6. The SMILES string of the molecule is CCOC(=O)C(C)Oc1ccc(Cc2c(C)n(C)c3cc(C(=O)N[C@@H](C)c4cccc(C(C)C)c4)ccc23)cc1. The molecule has 0 aliphatic heterocycles. The highest BCUT2D eigenvalue weighted by molar-refractivity contribution is 5.99. The molecule has 40 heavy (non-hydrogen) atoms. The van der Waals surface area contributed by atoms with Crippen molar-refractivity contribution in [3.63, 3.8) is 0 Å². The Morgan fingerprint density at radius 2 is 1.62 bits per heavy atom. The second-order valence-corrected chi connectivity index (χ2v) is 10.7. The number of rotatable bonds is 10. The summed E-state index contributed by atoms with van der Waals surface area (Å²) in [6.45, 7) is 12.3. The number of aryl methyl sites for hydroxylation is 1. The van der Waals surface area contributed by atoms with Gasteiger partial charge in [-0.25, -0.2) is 4.79 Å². The van der Waals surface area contributed by atoms with Gasteiger partial charge in [-0.05, 0) is 86.6 Å². The number of fused-ring (bicyclic) bond motifs is 1. The van der Waals surface area contributed by atoms with E-state index in [4.69, 9.17) is 9.47 Å². The third kappa shape index (κ3) is 6.39. The normalized spacial score (nSPS) is 12.8. The molecule has 4 aromatic rings. The molecule has 0 fully saturated rings. The van der Waals surface area contributed by atoms with Gasteiger partial charge in [0.25, 0.3) is 5.91 Å². The number of nitrogens with zero attached hydrogens (tertiary/aromatic N) is 1. The fraction of sp³-hybridized carbons (Fsp3) is 0.353. The van der Waals surface area contributed by atoms with Crippen LogP contribution in [0, 0.1) is 6.92 Å². The van der Waals surface area contributed by atoms with E-state index in [1.54, 1.807) is 13.8 Å². The van der Waals surface area contributed by atoms with Crippen molar-refractivity contribution in [3.05, 3.63) is 100 Å². The van der Waals surface area contributed by atoms with E-state index in [-0.39, 0.29) is 17.9 Å². The van der Waals surface area contributed by atoms with E-state index in [0.29, 0.717) is 23.8 Å². The molecule has 0 saturated carbocycles. The topological polar surface area (TPSA) is 69.6 Å². The van der Waals surface area contributed by atoms with Crippen LogP contribution in [0.25, 0.3) is 10.9 Å². The Bertz CT molecular complexity index is 1500. The van der Waals surface area contributed by atoms with Gasteiger partial charge >= 0.3 is 5.97 Å². The Hall–Kier alpha value is -4.06. The first kappa shape index (κ1) is 28.9. The minimum Gasteiger partial charge on any atom is -0.479 e. The summed E-state index contributed by atoms with van der Waals surface area (Å²) in [5.41, 5.74) is 7.54.